The molecule has 17 heavy (non-hydrogen) atoms. The van der Waals surface area contributed by atoms with Crippen LogP contribution in [0.3, 0.4) is 0 Å². The predicted molar refractivity (Wildman–Crippen MR) is 66.6 cm³/mol. The highest BCUT2D eigenvalue weighted by Crippen LogP contribution is 2.03. The van der Waals surface area contributed by atoms with Crippen molar-refractivity contribution < 1.29 is 9.59 Å². The predicted octanol–water partition coefficient (Wildman–Crippen LogP) is 0.0652. The van der Waals surface area contributed by atoms with Crippen LogP contribution < -0.4 is 5.32 Å². The van der Waals surface area contributed by atoms with E-state index in [0.29, 0.717) is 13.1 Å². The van der Waals surface area contributed by atoms with Crippen LogP contribution in [0.15, 0.2) is 0 Å². The number of carbonyl (C=O) groups is 2. The minimum Gasteiger partial charge on any atom is -0.343 e. The summed E-state index contributed by atoms with van der Waals surface area (Å²) in [5, 5.41) is 2.70. The molecule has 0 aromatic heterocycles. The lowest BCUT2D eigenvalue weighted by Crippen LogP contribution is -2.54. The highest BCUT2D eigenvalue weighted by molar-refractivity contribution is 6.35. The first-order valence-electron chi connectivity index (χ1n) is 6.17. The van der Waals surface area contributed by atoms with Crippen LogP contribution >= 0.6 is 0 Å². The topological polar surface area (TPSA) is 52.7 Å². The van der Waals surface area contributed by atoms with Gasteiger partial charge in [-0.05, 0) is 27.3 Å². The van der Waals surface area contributed by atoms with Gasteiger partial charge in [-0.2, -0.15) is 0 Å². The molecule has 0 bridgehead atoms. The summed E-state index contributed by atoms with van der Waals surface area (Å²) in [7, 11) is 0. The molecule has 1 fully saturated rings. The Morgan fingerprint density at radius 1 is 1.12 bits per heavy atom. The zero-order chi connectivity index (χ0) is 13.1. The van der Waals surface area contributed by atoms with Crippen LogP contribution in [0, 0.1) is 0 Å². The lowest BCUT2D eigenvalue weighted by Gasteiger charge is -2.34. The number of rotatable bonds is 1. The third-order valence-corrected chi connectivity index (χ3v) is 2.79. The third kappa shape index (κ3) is 4.34. The van der Waals surface area contributed by atoms with Crippen molar-refractivity contribution in [2.75, 3.05) is 32.7 Å². The SMILES string of the molecule is CCN1CCN(C(=O)C(=O)NC(C)(C)C)CC1. The highest BCUT2D eigenvalue weighted by atomic mass is 16.2. The summed E-state index contributed by atoms with van der Waals surface area (Å²) in [6, 6.07) is 0. The van der Waals surface area contributed by atoms with E-state index >= 15 is 0 Å². The smallest absolute Gasteiger partial charge is 0.311 e. The zero-order valence-electron chi connectivity index (χ0n) is 11.2. The second kappa shape index (κ2) is 5.49. The molecule has 0 aromatic carbocycles. The van der Waals surface area contributed by atoms with Gasteiger partial charge in [0.25, 0.3) is 0 Å². The van der Waals surface area contributed by atoms with Gasteiger partial charge in [0, 0.05) is 31.7 Å². The Bertz CT molecular complexity index is 289. The van der Waals surface area contributed by atoms with Crippen LogP contribution in [-0.2, 0) is 9.59 Å². The number of nitrogens with zero attached hydrogens (tertiary/aromatic N) is 2. The van der Waals surface area contributed by atoms with E-state index in [4.69, 9.17) is 0 Å². The molecule has 1 rings (SSSR count). The molecule has 1 aliphatic heterocycles. The summed E-state index contributed by atoms with van der Waals surface area (Å²) < 4.78 is 0. The average molecular weight is 241 g/mol. The normalized spacial score (nSPS) is 18.0. The van der Waals surface area contributed by atoms with Gasteiger partial charge in [-0.3, -0.25) is 9.59 Å². The first-order chi connectivity index (χ1) is 7.83. The van der Waals surface area contributed by atoms with Crippen LogP contribution in [0.2, 0.25) is 0 Å². The van der Waals surface area contributed by atoms with Crippen LogP contribution in [0.5, 0.6) is 0 Å². The van der Waals surface area contributed by atoms with Crippen LogP contribution in [-0.4, -0.2) is 59.9 Å². The van der Waals surface area contributed by atoms with Gasteiger partial charge in [0.2, 0.25) is 0 Å². The Labute approximate surface area is 103 Å². The second-order valence-corrected chi connectivity index (χ2v) is 5.43. The number of hydrogen-bond donors (Lipinski definition) is 1. The van der Waals surface area contributed by atoms with Crippen LogP contribution in [0.1, 0.15) is 27.7 Å². The minimum atomic E-state index is -0.498. The minimum absolute atomic E-state index is 0.363. The number of amides is 2. The van der Waals surface area contributed by atoms with E-state index < -0.39 is 11.8 Å². The molecule has 0 atom stereocenters. The summed E-state index contributed by atoms with van der Waals surface area (Å²) in [6.45, 7) is 11.7. The largest absolute Gasteiger partial charge is 0.343 e. The molecule has 0 aromatic rings. The van der Waals surface area contributed by atoms with Gasteiger partial charge in [-0.15, -0.1) is 0 Å². The van der Waals surface area contributed by atoms with Gasteiger partial charge in [-0.25, -0.2) is 0 Å². The quantitative estimate of drug-likeness (QED) is 0.661. The van der Waals surface area contributed by atoms with Gasteiger partial charge in [0.05, 0.1) is 0 Å². The van der Waals surface area contributed by atoms with Crippen molar-refractivity contribution in [3.05, 3.63) is 0 Å². The molecule has 0 aliphatic carbocycles. The van der Waals surface area contributed by atoms with Crippen molar-refractivity contribution in [2.24, 2.45) is 0 Å². The van der Waals surface area contributed by atoms with E-state index in [2.05, 4.69) is 17.1 Å². The monoisotopic (exact) mass is 241 g/mol. The van der Waals surface area contributed by atoms with E-state index in [1.54, 1.807) is 4.90 Å². The van der Waals surface area contributed by atoms with Crippen LogP contribution in [0.25, 0.3) is 0 Å². The molecule has 0 spiro atoms. The fourth-order valence-electron chi connectivity index (χ4n) is 1.80. The molecular formula is C12H23N3O2. The first kappa shape index (κ1) is 14.0. The molecule has 5 nitrogen and oxygen atoms in total. The lowest BCUT2D eigenvalue weighted by molar-refractivity contribution is -0.147. The Hall–Kier alpha value is -1.10. The molecule has 98 valence electrons. The maximum absolute atomic E-state index is 11.9. The summed E-state index contributed by atoms with van der Waals surface area (Å²) in [6.07, 6.45) is 0. The molecule has 1 saturated heterocycles. The summed E-state index contributed by atoms with van der Waals surface area (Å²) in [5.74, 6) is -0.905. The summed E-state index contributed by atoms with van der Waals surface area (Å²) in [4.78, 5) is 27.5. The fraction of sp³-hybridized carbons (Fsp3) is 0.833. The van der Waals surface area contributed by atoms with Crippen molar-refractivity contribution in [2.45, 2.75) is 33.2 Å². The first-order valence-corrected chi connectivity index (χ1v) is 6.17. The Balaban J connectivity index is 2.46. The maximum atomic E-state index is 11.9. The fourth-order valence-corrected chi connectivity index (χ4v) is 1.80. The number of carbonyl (C=O) groups excluding carboxylic acids is 2. The van der Waals surface area contributed by atoms with Crippen molar-refractivity contribution >= 4 is 11.8 Å². The van der Waals surface area contributed by atoms with E-state index in [1.807, 2.05) is 20.8 Å². The van der Waals surface area contributed by atoms with Gasteiger partial charge in [0.15, 0.2) is 0 Å². The molecule has 0 radical (unpaired) electrons. The molecular weight excluding hydrogens is 218 g/mol. The maximum Gasteiger partial charge on any atom is 0.311 e. The van der Waals surface area contributed by atoms with Crippen molar-refractivity contribution in [3.8, 4) is 0 Å². The standard InChI is InChI=1S/C12H23N3O2/c1-5-14-6-8-15(9-7-14)11(17)10(16)13-12(2,3)4/h5-9H2,1-4H3,(H,13,16). The van der Waals surface area contributed by atoms with Gasteiger partial charge >= 0.3 is 11.8 Å². The van der Waals surface area contributed by atoms with Gasteiger partial charge < -0.3 is 15.1 Å². The Morgan fingerprint density at radius 3 is 2.06 bits per heavy atom. The van der Waals surface area contributed by atoms with Crippen molar-refractivity contribution in [3.63, 3.8) is 0 Å². The van der Waals surface area contributed by atoms with Crippen molar-refractivity contribution in [1.82, 2.24) is 15.1 Å². The molecule has 5 heteroatoms. The third-order valence-electron chi connectivity index (χ3n) is 2.79. The second-order valence-electron chi connectivity index (χ2n) is 5.43. The molecule has 1 aliphatic rings. The highest BCUT2D eigenvalue weighted by Gasteiger charge is 2.27. The van der Waals surface area contributed by atoms with Gasteiger partial charge in [0.1, 0.15) is 0 Å². The molecule has 0 unspecified atom stereocenters. The zero-order valence-corrected chi connectivity index (χ0v) is 11.2. The number of likely N-dealkylation sites (N-methyl/N-ethyl adjacent to an activating group) is 1. The van der Waals surface area contributed by atoms with E-state index in [0.717, 1.165) is 19.6 Å². The summed E-state index contributed by atoms with van der Waals surface area (Å²) >= 11 is 0. The number of piperazine rings is 1. The molecule has 0 saturated carbocycles. The van der Waals surface area contributed by atoms with Gasteiger partial charge in [-0.1, -0.05) is 6.92 Å². The van der Waals surface area contributed by atoms with E-state index in [-0.39, 0.29) is 5.54 Å². The average Bonchev–Trinajstić information content (AvgIpc) is 2.26. The Kier molecular flexibility index (Phi) is 4.51. The molecule has 1 N–H and O–H groups in total. The summed E-state index contributed by atoms with van der Waals surface area (Å²) in [5.41, 5.74) is -0.363. The van der Waals surface area contributed by atoms with E-state index in [9.17, 15) is 9.59 Å². The van der Waals surface area contributed by atoms with E-state index in [1.165, 1.54) is 0 Å². The molecule has 2 amide bonds. The number of nitrogens with one attached hydrogen (secondary N) is 1. The lowest BCUT2D eigenvalue weighted by atomic mass is 10.1. The van der Waals surface area contributed by atoms with Crippen molar-refractivity contribution in [1.29, 1.82) is 0 Å². The molecule has 1 heterocycles. The van der Waals surface area contributed by atoms with Crippen LogP contribution in [0.4, 0.5) is 0 Å². The Morgan fingerprint density at radius 2 is 1.65 bits per heavy atom. The number of hydrogen-bond acceptors (Lipinski definition) is 3.